The van der Waals surface area contributed by atoms with Crippen LogP contribution >= 0.6 is 0 Å². The first kappa shape index (κ1) is 10.7. The number of nitrogens with one attached hydrogen (secondary N) is 1. The summed E-state index contributed by atoms with van der Waals surface area (Å²) >= 11 is 0. The van der Waals surface area contributed by atoms with Crippen molar-refractivity contribution in [1.29, 1.82) is 0 Å². The molecule has 0 spiro atoms. The third-order valence-electron chi connectivity index (χ3n) is 3.38. The summed E-state index contributed by atoms with van der Waals surface area (Å²) in [6, 6.07) is 7.62. The Morgan fingerprint density at radius 1 is 1.33 bits per heavy atom. The fourth-order valence-corrected chi connectivity index (χ4v) is 2.53. The lowest BCUT2D eigenvalue weighted by Gasteiger charge is -2.26. The van der Waals surface area contributed by atoms with E-state index < -0.39 is 0 Å². The third kappa shape index (κ3) is 2.23. The standard InChI is InChI=1S/C14H21N/c1-3-11-8-9-12-6-5-7-14(15-4-2)13(12)10-11/h8-10,14-15H,3-7H2,1-2H3. The Morgan fingerprint density at radius 3 is 2.93 bits per heavy atom. The maximum atomic E-state index is 3.59. The Bertz CT molecular complexity index is 330. The Labute approximate surface area is 92.9 Å². The summed E-state index contributed by atoms with van der Waals surface area (Å²) in [5.74, 6) is 0. The molecule has 0 aliphatic heterocycles. The van der Waals surface area contributed by atoms with Gasteiger partial charge in [0.1, 0.15) is 0 Å². The lowest BCUT2D eigenvalue weighted by atomic mass is 9.86. The minimum atomic E-state index is 0.602. The molecule has 15 heavy (non-hydrogen) atoms. The number of hydrogen-bond donors (Lipinski definition) is 1. The maximum Gasteiger partial charge on any atom is 0.0323 e. The fourth-order valence-electron chi connectivity index (χ4n) is 2.53. The van der Waals surface area contributed by atoms with Gasteiger partial charge in [-0.2, -0.15) is 0 Å². The molecule has 1 aromatic rings. The number of rotatable bonds is 3. The van der Waals surface area contributed by atoms with Crippen LogP contribution in [0.2, 0.25) is 0 Å². The van der Waals surface area contributed by atoms with Crippen molar-refractivity contribution in [3.8, 4) is 0 Å². The van der Waals surface area contributed by atoms with Gasteiger partial charge in [-0.3, -0.25) is 0 Å². The van der Waals surface area contributed by atoms with Crippen LogP contribution in [0.15, 0.2) is 18.2 Å². The van der Waals surface area contributed by atoms with Crippen molar-refractivity contribution in [2.24, 2.45) is 0 Å². The first-order chi connectivity index (χ1) is 7.35. The summed E-state index contributed by atoms with van der Waals surface area (Å²) in [4.78, 5) is 0. The van der Waals surface area contributed by atoms with Gasteiger partial charge >= 0.3 is 0 Å². The molecule has 0 aromatic heterocycles. The monoisotopic (exact) mass is 203 g/mol. The highest BCUT2D eigenvalue weighted by atomic mass is 14.9. The minimum absolute atomic E-state index is 0.602. The molecule has 0 amide bonds. The van der Waals surface area contributed by atoms with E-state index in [4.69, 9.17) is 0 Å². The molecule has 1 aliphatic rings. The van der Waals surface area contributed by atoms with Gasteiger partial charge in [-0.25, -0.2) is 0 Å². The van der Waals surface area contributed by atoms with Crippen molar-refractivity contribution in [3.05, 3.63) is 34.9 Å². The van der Waals surface area contributed by atoms with E-state index >= 15 is 0 Å². The van der Waals surface area contributed by atoms with Crippen molar-refractivity contribution in [2.75, 3.05) is 6.54 Å². The van der Waals surface area contributed by atoms with Gasteiger partial charge < -0.3 is 5.32 Å². The molecule has 0 fully saturated rings. The molecule has 1 heteroatoms. The van der Waals surface area contributed by atoms with Gasteiger partial charge in [0, 0.05) is 6.04 Å². The SMILES string of the molecule is CCNC1CCCc2ccc(CC)cc21. The molecule has 1 N–H and O–H groups in total. The van der Waals surface area contributed by atoms with Crippen LogP contribution in [0, 0.1) is 0 Å². The average Bonchev–Trinajstić information content (AvgIpc) is 2.29. The fraction of sp³-hybridized carbons (Fsp3) is 0.571. The number of benzene rings is 1. The summed E-state index contributed by atoms with van der Waals surface area (Å²) in [5.41, 5.74) is 4.59. The summed E-state index contributed by atoms with van der Waals surface area (Å²) in [6.07, 6.45) is 5.04. The van der Waals surface area contributed by atoms with Crippen LogP contribution in [0.25, 0.3) is 0 Å². The van der Waals surface area contributed by atoms with Crippen LogP contribution in [0.1, 0.15) is 49.4 Å². The van der Waals surface area contributed by atoms with Crippen LogP contribution in [0.4, 0.5) is 0 Å². The van der Waals surface area contributed by atoms with E-state index in [1.807, 2.05) is 0 Å². The van der Waals surface area contributed by atoms with Gasteiger partial charge in [-0.15, -0.1) is 0 Å². The van der Waals surface area contributed by atoms with Crippen molar-refractivity contribution in [1.82, 2.24) is 5.32 Å². The topological polar surface area (TPSA) is 12.0 Å². The van der Waals surface area contributed by atoms with Crippen LogP contribution in [-0.2, 0) is 12.8 Å². The predicted octanol–water partition coefficient (Wildman–Crippen LogP) is 3.24. The molecule has 2 rings (SSSR count). The zero-order valence-corrected chi connectivity index (χ0v) is 9.84. The average molecular weight is 203 g/mol. The van der Waals surface area contributed by atoms with Gasteiger partial charge in [-0.1, -0.05) is 32.0 Å². The van der Waals surface area contributed by atoms with Gasteiger partial charge in [0.05, 0.1) is 0 Å². The lowest BCUT2D eigenvalue weighted by molar-refractivity contribution is 0.471. The molecule has 0 saturated carbocycles. The molecule has 0 heterocycles. The van der Waals surface area contributed by atoms with Crippen molar-refractivity contribution in [2.45, 2.75) is 45.6 Å². The van der Waals surface area contributed by atoms with E-state index in [1.54, 1.807) is 11.1 Å². The molecule has 1 unspecified atom stereocenters. The van der Waals surface area contributed by atoms with E-state index in [-0.39, 0.29) is 0 Å². The van der Waals surface area contributed by atoms with E-state index in [0.717, 1.165) is 13.0 Å². The van der Waals surface area contributed by atoms with Crippen molar-refractivity contribution < 1.29 is 0 Å². The minimum Gasteiger partial charge on any atom is -0.310 e. The number of aryl methyl sites for hydroxylation is 2. The van der Waals surface area contributed by atoms with E-state index in [0.29, 0.717) is 6.04 Å². The molecule has 1 atom stereocenters. The van der Waals surface area contributed by atoms with E-state index in [2.05, 4.69) is 37.4 Å². The Hall–Kier alpha value is -0.820. The predicted molar refractivity (Wildman–Crippen MR) is 65.2 cm³/mol. The van der Waals surface area contributed by atoms with Gasteiger partial charge in [-0.05, 0) is 48.9 Å². The second-order valence-corrected chi connectivity index (χ2v) is 4.39. The third-order valence-corrected chi connectivity index (χ3v) is 3.38. The van der Waals surface area contributed by atoms with Crippen LogP contribution in [0.3, 0.4) is 0 Å². The highest BCUT2D eigenvalue weighted by Gasteiger charge is 2.18. The molecule has 1 aromatic carbocycles. The molecular formula is C14H21N. The van der Waals surface area contributed by atoms with Crippen molar-refractivity contribution in [3.63, 3.8) is 0 Å². The van der Waals surface area contributed by atoms with Gasteiger partial charge in [0.2, 0.25) is 0 Å². The summed E-state index contributed by atoms with van der Waals surface area (Å²) in [7, 11) is 0. The second-order valence-electron chi connectivity index (χ2n) is 4.39. The first-order valence-corrected chi connectivity index (χ1v) is 6.20. The van der Waals surface area contributed by atoms with E-state index in [9.17, 15) is 0 Å². The first-order valence-electron chi connectivity index (χ1n) is 6.20. The Kier molecular flexibility index (Phi) is 3.42. The molecule has 0 saturated heterocycles. The maximum absolute atomic E-state index is 3.59. The van der Waals surface area contributed by atoms with E-state index in [1.165, 1.54) is 24.8 Å². The highest BCUT2D eigenvalue weighted by Crippen LogP contribution is 2.30. The molecule has 1 nitrogen and oxygen atoms in total. The number of fused-ring (bicyclic) bond motifs is 1. The second kappa shape index (κ2) is 4.80. The molecule has 82 valence electrons. The normalized spacial score (nSPS) is 20.0. The summed E-state index contributed by atoms with van der Waals surface area (Å²) < 4.78 is 0. The Balaban J connectivity index is 2.30. The highest BCUT2D eigenvalue weighted by molar-refractivity contribution is 5.36. The lowest BCUT2D eigenvalue weighted by Crippen LogP contribution is -2.25. The molecule has 0 radical (unpaired) electrons. The summed E-state index contributed by atoms with van der Waals surface area (Å²) in [5, 5.41) is 3.59. The molecule has 0 bridgehead atoms. The number of hydrogen-bond acceptors (Lipinski definition) is 1. The van der Waals surface area contributed by atoms with Crippen LogP contribution < -0.4 is 5.32 Å². The summed E-state index contributed by atoms with van der Waals surface area (Å²) in [6.45, 7) is 5.49. The van der Waals surface area contributed by atoms with Crippen LogP contribution in [-0.4, -0.2) is 6.54 Å². The largest absolute Gasteiger partial charge is 0.310 e. The zero-order valence-electron chi connectivity index (χ0n) is 9.84. The zero-order chi connectivity index (χ0) is 10.7. The molecular weight excluding hydrogens is 182 g/mol. The quantitative estimate of drug-likeness (QED) is 0.795. The smallest absolute Gasteiger partial charge is 0.0323 e. The Morgan fingerprint density at radius 2 is 2.20 bits per heavy atom. The van der Waals surface area contributed by atoms with Gasteiger partial charge in [0.25, 0.3) is 0 Å². The van der Waals surface area contributed by atoms with Crippen LogP contribution in [0.5, 0.6) is 0 Å². The van der Waals surface area contributed by atoms with Gasteiger partial charge in [0.15, 0.2) is 0 Å². The molecule has 1 aliphatic carbocycles. The van der Waals surface area contributed by atoms with Crippen molar-refractivity contribution >= 4 is 0 Å².